The molecule has 1 aromatic heterocycles. The number of fused-ring (bicyclic) bond motifs is 3. The van der Waals surface area contributed by atoms with Crippen LogP contribution in [0.5, 0.6) is 0 Å². The van der Waals surface area contributed by atoms with Crippen LogP contribution in [-0.2, 0) is 0 Å². The van der Waals surface area contributed by atoms with Gasteiger partial charge in [-0.15, -0.1) is 0 Å². The minimum atomic E-state index is 1.09. The molecule has 0 radical (unpaired) electrons. The van der Waals surface area contributed by atoms with Crippen molar-refractivity contribution in [2.45, 2.75) is 0 Å². The van der Waals surface area contributed by atoms with Gasteiger partial charge in [-0.3, -0.25) is 0 Å². The summed E-state index contributed by atoms with van der Waals surface area (Å²) in [4.78, 5) is 2.36. The number of nitrogens with zero attached hydrogens (tertiary/aromatic N) is 2. The Hall–Kier alpha value is -7.42. The molecule has 0 aliphatic heterocycles. The summed E-state index contributed by atoms with van der Waals surface area (Å²) in [5.41, 5.74) is 16.4. The second kappa shape index (κ2) is 14.4. The van der Waals surface area contributed by atoms with Gasteiger partial charge in [0, 0.05) is 33.4 Å². The van der Waals surface area contributed by atoms with Crippen LogP contribution in [0.4, 0.5) is 17.1 Å². The monoisotopic (exact) mass is 714 g/mol. The summed E-state index contributed by atoms with van der Waals surface area (Å²) in [6.07, 6.45) is 0. The van der Waals surface area contributed by atoms with Crippen molar-refractivity contribution in [2.75, 3.05) is 4.90 Å². The Balaban J connectivity index is 1.06. The Morgan fingerprint density at radius 1 is 0.268 bits per heavy atom. The highest BCUT2D eigenvalue weighted by atomic mass is 15.1. The number of rotatable bonds is 8. The van der Waals surface area contributed by atoms with E-state index in [0.29, 0.717) is 0 Å². The molecule has 10 aromatic rings. The summed E-state index contributed by atoms with van der Waals surface area (Å²) in [6, 6.07) is 83.0. The molecule has 2 nitrogen and oxygen atoms in total. The summed E-state index contributed by atoms with van der Waals surface area (Å²) in [5, 5.41) is 2.51. The molecule has 0 saturated heterocycles. The fraction of sp³-hybridized carbons (Fsp3) is 0. The van der Waals surface area contributed by atoms with Crippen LogP contribution in [0.3, 0.4) is 0 Å². The minimum Gasteiger partial charge on any atom is -0.310 e. The van der Waals surface area contributed by atoms with E-state index in [1.807, 2.05) is 0 Å². The van der Waals surface area contributed by atoms with Gasteiger partial charge in [0.1, 0.15) is 0 Å². The Labute approximate surface area is 327 Å². The van der Waals surface area contributed by atoms with Gasteiger partial charge in [0.25, 0.3) is 0 Å². The Morgan fingerprint density at radius 3 is 1.18 bits per heavy atom. The first-order chi connectivity index (χ1) is 27.8. The predicted molar refractivity (Wildman–Crippen MR) is 237 cm³/mol. The highest BCUT2D eigenvalue weighted by Gasteiger charge is 2.18. The standard InChI is InChI=1S/C54H38N2/c1-3-14-39(15-4-1)41-26-28-42(29-27-41)44-32-36-47(37-33-44)55(46-34-30-43(31-35-46)40-16-5-2-6-17-40)48-19-13-18-45(38-48)49-20-7-10-23-52(49)56-53-24-11-8-21-50(53)51-22-9-12-25-54(51)56/h1-38H. The molecule has 0 unspecified atom stereocenters. The molecule has 0 atom stereocenters. The fourth-order valence-electron chi connectivity index (χ4n) is 8.08. The van der Waals surface area contributed by atoms with Crippen LogP contribution in [0, 0.1) is 0 Å². The van der Waals surface area contributed by atoms with Gasteiger partial charge in [0.05, 0.1) is 16.7 Å². The van der Waals surface area contributed by atoms with Crippen molar-refractivity contribution >= 4 is 38.9 Å². The molecule has 56 heavy (non-hydrogen) atoms. The molecule has 9 aromatic carbocycles. The lowest BCUT2D eigenvalue weighted by Crippen LogP contribution is -2.10. The van der Waals surface area contributed by atoms with Crippen LogP contribution in [0.1, 0.15) is 0 Å². The Morgan fingerprint density at radius 2 is 0.661 bits per heavy atom. The van der Waals surface area contributed by atoms with Crippen LogP contribution >= 0.6 is 0 Å². The minimum absolute atomic E-state index is 1.09. The first kappa shape index (κ1) is 33.2. The van der Waals surface area contributed by atoms with Gasteiger partial charge in [-0.05, 0) is 93.5 Å². The van der Waals surface area contributed by atoms with Crippen molar-refractivity contribution in [1.29, 1.82) is 0 Å². The predicted octanol–water partition coefficient (Wildman–Crippen LogP) is 14.9. The molecule has 0 N–H and O–H groups in total. The van der Waals surface area contributed by atoms with Crippen molar-refractivity contribution in [3.05, 3.63) is 231 Å². The van der Waals surface area contributed by atoms with Crippen molar-refractivity contribution in [1.82, 2.24) is 4.57 Å². The molecule has 2 heteroatoms. The molecule has 0 bridgehead atoms. The van der Waals surface area contributed by atoms with Crippen LogP contribution in [0.2, 0.25) is 0 Å². The van der Waals surface area contributed by atoms with Crippen LogP contribution in [-0.4, -0.2) is 4.57 Å². The van der Waals surface area contributed by atoms with E-state index in [2.05, 4.69) is 240 Å². The maximum Gasteiger partial charge on any atom is 0.0541 e. The van der Waals surface area contributed by atoms with E-state index in [0.717, 1.165) is 28.3 Å². The van der Waals surface area contributed by atoms with Gasteiger partial charge in [0.2, 0.25) is 0 Å². The fourth-order valence-corrected chi connectivity index (χ4v) is 8.08. The maximum absolute atomic E-state index is 2.41. The molecular formula is C54H38N2. The number of hydrogen-bond acceptors (Lipinski definition) is 1. The van der Waals surface area contributed by atoms with Crippen molar-refractivity contribution in [3.8, 4) is 50.2 Å². The van der Waals surface area contributed by atoms with Crippen molar-refractivity contribution in [2.24, 2.45) is 0 Å². The quantitative estimate of drug-likeness (QED) is 0.152. The molecule has 0 aliphatic rings. The summed E-state index contributed by atoms with van der Waals surface area (Å²) >= 11 is 0. The zero-order valence-corrected chi connectivity index (χ0v) is 30.8. The number of hydrogen-bond donors (Lipinski definition) is 0. The molecule has 0 fully saturated rings. The lowest BCUT2D eigenvalue weighted by atomic mass is 9.99. The van der Waals surface area contributed by atoms with Gasteiger partial charge in [-0.2, -0.15) is 0 Å². The van der Waals surface area contributed by atoms with E-state index in [4.69, 9.17) is 0 Å². The van der Waals surface area contributed by atoms with Gasteiger partial charge in [0.15, 0.2) is 0 Å². The van der Waals surface area contributed by atoms with Crippen LogP contribution in [0.25, 0.3) is 72.0 Å². The maximum atomic E-state index is 2.41. The zero-order chi connectivity index (χ0) is 37.3. The van der Waals surface area contributed by atoms with E-state index in [-0.39, 0.29) is 0 Å². The molecule has 0 aliphatic carbocycles. The smallest absolute Gasteiger partial charge is 0.0541 e. The van der Waals surface area contributed by atoms with E-state index >= 15 is 0 Å². The molecule has 10 rings (SSSR count). The third kappa shape index (κ3) is 6.14. The lowest BCUT2D eigenvalue weighted by Gasteiger charge is -2.27. The van der Waals surface area contributed by atoms with Crippen LogP contribution in [0.15, 0.2) is 231 Å². The SMILES string of the molecule is c1ccc(-c2ccc(-c3ccc(N(c4ccc(-c5ccccc5)cc4)c4cccc(-c5ccccc5-n5c6ccccc6c6ccccc65)c4)cc3)cc2)cc1. The Kier molecular flexibility index (Phi) is 8.55. The molecule has 0 saturated carbocycles. The number of aromatic nitrogens is 1. The topological polar surface area (TPSA) is 8.17 Å². The van der Waals surface area contributed by atoms with Gasteiger partial charge in [-0.25, -0.2) is 0 Å². The third-order valence-electron chi connectivity index (χ3n) is 10.8. The second-order valence-electron chi connectivity index (χ2n) is 14.2. The molecule has 0 amide bonds. The summed E-state index contributed by atoms with van der Waals surface area (Å²) in [7, 11) is 0. The third-order valence-corrected chi connectivity index (χ3v) is 10.8. The highest BCUT2D eigenvalue weighted by Crippen LogP contribution is 2.41. The molecular weight excluding hydrogens is 677 g/mol. The van der Waals surface area contributed by atoms with E-state index in [1.165, 1.54) is 60.8 Å². The molecule has 0 spiro atoms. The number of para-hydroxylation sites is 3. The number of benzene rings is 9. The molecule has 1 heterocycles. The average molecular weight is 715 g/mol. The van der Waals surface area contributed by atoms with Crippen LogP contribution < -0.4 is 4.90 Å². The van der Waals surface area contributed by atoms with E-state index < -0.39 is 0 Å². The van der Waals surface area contributed by atoms with Crippen molar-refractivity contribution < 1.29 is 0 Å². The first-order valence-corrected chi connectivity index (χ1v) is 19.2. The summed E-state index contributed by atoms with van der Waals surface area (Å²) in [6.45, 7) is 0. The largest absolute Gasteiger partial charge is 0.310 e. The summed E-state index contributed by atoms with van der Waals surface area (Å²) < 4.78 is 2.41. The Bertz CT molecular complexity index is 2870. The lowest BCUT2D eigenvalue weighted by molar-refractivity contribution is 1.18. The number of anilines is 3. The van der Waals surface area contributed by atoms with Gasteiger partial charge >= 0.3 is 0 Å². The average Bonchev–Trinajstić information content (AvgIpc) is 3.62. The first-order valence-electron chi connectivity index (χ1n) is 19.2. The molecule has 264 valence electrons. The zero-order valence-electron chi connectivity index (χ0n) is 30.8. The van der Waals surface area contributed by atoms with Gasteiger partial charge < -0.3 is 9.47 Å². The van der Waals surface area contributed by atoms with E-state index in [1.54, 1.807) is 0 Å². The highest BCUT2D eigenvalue weighted by molar-refractivity contribution is 6.09. The normalized spacial score (nSPS) is 11.2. The second-order valence-corrected chi connectivity index (χ2v) is 14.2. The van der Waals surface area contributed by atoms with E-state index in [9.17, 15) is 0 Å². The van der Waals surface area contributed by atoms with Crippen molar-refractivity contribution in [3.63, 3.8) is 0 Å². The summed E-state index contributed by atoms with van der Waals surface area (Å²) in [5.74, 6) is 0. The van der Waals surface area contributed by atoms with Gasteiger partial charge in [-0.1, -0.05) is 176 Å².